The zero-order chi connectivity index (χ0) is 23.8. The number of hydrogen-bond donors (Lipinski definition) is 2. The fraction of sp³-hybridized carbons (Fsp3) is 0.423. The van der Waals surface area contributed by atoms with Crippen LogP contribution in [0.4, 0.5) is 4.79 Å². The van der Waals surface area contributed by atoms with Gasteiger partial charge >= 0.3 is 12.1 Å². The molecule has 2 N–H and O–H groups in total. The van der Waals surface area contributed by atoms with Crippen LogP contribution in [0.3, 0.4) is 0 Å². The molecular formula is C26H28N2O6. The third kappa shape index (κ3) is 4.03. The van der Waals surface area contributed by atoms with Crippen molar-refractivity contribution in [2.75, 3.05) is 33.4 Å². The fourth-order valence-electron chi connectivity index (χ4n) is 5.65. The number of likely N-dealkylation sites (tertiary alicyclic amines) is 1. The molecule has 0 radical (unpaired) electrons. The van der Waals surface area contributed by atoms with Gasteiger partial charge in [0.25, 0.3) is 0 Å². The first-order chi connectivity index (χ1) is 16.5. The Balaban J connectivity index is 1.21. The molecule has 1 saturated heterocycles. The molecule has 2 aliphatic carbocycles. The first-order valence-corrected chi connectivity index (χ1v) is 11.6. The molecule has 4 atom stereocenters. The number of benzene rings is 2. The largest absolute Gasteiger partial charge is 0.481 e. The van der Waals surface area contributed by atoms with Crippen LogP contribution in [0.25, 0.3) is 11.1 Å². The summed E-state index contributed by atoms with van der Waals surface area (Å²) in [6.07, 6.45) is -0.0140. The lowest BCUT2D eigenvalue weighted by Crippen LogP contribution is -2.52. The van der Waals surface area contributed by atoms with E-state index in [2.05, 4.69) is 17.4 Å². The third-order valence-corrected chi connectivity index (χ3v) is 7.36. The average molecular weight is 465 g/mol. The zero-order valence-electron chi connectivity index (χ0n) is 19.0. The number of amides is 2. The minimum Gasteiger partial charge on any atom is -0.481 e. The molecule has 3 aliphatic rings. The van der Waals surface area contributed by atoms with E-state index in [9.17, 15) is 19.5 Å². The van der Waals surface area contributed by atoms with Gasteiger partial charge in [-0.2, -0.15) is 0 Å². The molecule has 0 bridgehead atoms. The van der Waals surface area contributed by atoms with Crippen molar-refractivity contribution < 1.29 is 29.0 Å². The highest BCUT2D eigenvalue weighted by atomic mass is 16.5. The number of alkyl carbamates (subject to hydrolysis) is 1. The van der Waals surface area contributed by atoms with Gasteiger partial charge in [-0.3, -0.25) is 9.59 Å². The number of rotatable bonds is 7. The van der Waals surface area contributed by atoms with Crippen LogP contribution >= 0.6 is 0 Å². The van der Waals surface area contributed by atoms with Gasteiger partial charge in [-0.15, -0.1) is 0 Å². The standard InChI is InChI=1S/C26H28N2O6/c1-33-14-22(24(29)28-11-10-19-20(12-28)23(19)25(30)31)27-26(32)34-13-21-17-8-4-2-6-15(17)16-7-3-5-9-18(16)21/h2-9,19-23H,10-14H2,1H3,(H,27,32)(H,30,31)/t19-,20+,22-,23?/m0/s1. The second kappa shape index (κ2) is 9.10. The Labute approximate surface area is 197 Å². The third-order valence-electron chi connectivity index (χ3n) is 7.36. The summed E-state index contributed by atoms with van der Waals surface area (Å²) in [6.45, 7) is 1.04. The van der Waals surface area contributed by atoms with Gasteiger partial charge in [-0.25, -0.2) is 4.79 Å². The zero-order valence-corrected chi connectivity index (χ0v) is 19.0. The van der Waals surface area contributed by atoms with Gasteiger partial charge in [-0.1, -0.05) is 48.5 Å². The van der Waals surface area contributed by atoms with Crippen molar-refractivity contribution in [1.29, 1.82) is 0 Å². The Bertz CT molecular complexity index is 1070. The minimum absolute atomic E-state index is 0.00662. The number of carbonyl (C=O) groups is 3. The molecule has 5 rings (SSSR count). The first kappa shape index (κ1) is 22.4. The number of carboxylic acid groups (broad SMARTS) is 1. The number of fused-ring (bicyclic) bond motifs is 4. The lowest BCUT2D eigenvalue weighted by atomic mass is 9.98. The Hall–Kier alpha value is -3.39. The van der Waals surface area contributed by atoms with Gasteiger partial charge < -0.3 is 24.8 Å². The van der Waals surface area contributed by atoms with Gasteiger partial charge in [0.1, 0.15) is 12.6 Å². The Kier molecular flexibility index (Phi) is 6.00. The van der Waals surface area contributed by atoms with Gasteiger partial charge in [0, 0.05) is 26.1 Å². The summed E-state index contributed by atoms with van der Waals surface area (Å²) < 4.78 is 10.8. The van der Waals surface area contributed by atoms with Crippen molar-refractivity contribution in [2.24, 2.45) is 17.8 Å². The molecular weight excluding hydrogens is 436 g/mol. The molecule has 34 heavy (non-hydrogen) atoms. The maximum absolute atomic E-state index is 13.1. The number of piperidine rings is 1. The fourth-order valence-corrected chi connectivity index (χ4v) is 5.65. The summed E-state index contributed by atoms with van der Waals surface area (Å²) in [5, 5.41) is 12.0. The van der Waals surface area contributed by atoms with Crippen LogP contribution in [0.2, 0.25) is 0 Å². The Morgan fingerprint density at radius 2 is 1.71 bits per heavy atom. The van der Waals surface area contributed by atoms with Crippen molar-refractivity contribution in [2.45, 2.75) is 18.4 Å². The average Bonchev–Trinajstić information content (AvgIpc) is 3.49. The number of carbonyl (C=O) groups excluding carboxylic acids is 2. The molecule has 2 aromatic carbocycles. The minimum atomic E-state index is -0.890. The lowest BCUT2D eigenvalue weighted by molar-refractivity contribution is -0.139. The molecule has 2 aromatic rings. The molecule has 8 nitrogen and oxygen atoms in total. The smallest absolute Gasteiger partial charge is 0.407 e. The normalized spacial score (nSPS) is 23.3. The number of ether oxygens (including phenoxy) is 2. The summed E-state index contributed by atoms with van der Waals surface area (Å²) in [4.78, 5) is 38.7. The van der Waals surface area contributed by atoms with Crippen LogP contribution in [0.5, 0.6) is 0 Å². The summed E-state index contributed by atoms with van der Waals surface area (Å²) in [5.41, 5.74) is 4.51. The number of nitrogens with one attached hydrogen (secondary N) is 1. The van der Waals surface area contributed by atoms with Crippen LogP contribution in [-0.4, -0.2) is 67.4 Å². The maximum Gasteiger partial charge on any atom is 0.407 e. The Morgan fingerprint density at radius 3 is 2.32 bits per heavy atom. The highest BCUT2D eigenvalue weighted by Gasteiger charge is 2.57. The predicted molar refractivity (Wildman–Crippen MR) is 123 cm³/mol. The molecule has 0 spiro atoms. The van der Waals surface area contributed by atoms with Crippen LogP contribution in [-0.2, 0) is 19.1 Å². The van der Waals surface area contributed by atoms with Crippen molar-refractivity contribution in [3.63, 3.8) is 0 Å². The SMILES string of the molecule is COC[C@H](NC(=O)OCC1c2ccccc2-c2ccccc21)C(=O)N1CC[C@@H]2C(C(=O)O)[C@@H]2C1. The molecule has 1 unspecified atom stereocenters. The molecule has 0 aromatic heterocycles. The van der Waals surface area contributed by atoms with Gasteiger partial charge in [0.15, 0.2) is 0 Å². The van der Waals surface area contributed by atoms with E-state index in [1.54, 1.807) is 4.90 Å². The van der Waals surface area contributed by atoms with E-state index in [1.165, 1.54) is 7.11 Å². The molecule has 2 fully saturated rings. The van der Waals surface area contributed by atoms with E-state index >= 15 is 0 Å². The van der Waals surface area contributed by atoms with Gasteiger partial charge in [-0.05, 0) is 40.5 Å². The number of hydrogen-bond acceptors (Lipinski definition) is 5. The van der Waals surface area contributed by atoms with Gasteiger partial charge in [0.2, 0.25) is 5.91 Å². The molecule has 178 valence electrons. The highest BCUT2D eigenvalue weighted by Crippen LogP contribution is 2.51. The number of nitrogens with zero attached hydrogens (tertiary/aromatic N) is 1. The van der Waals surface area contributed by atoms with E-state index in [1.807, 2.05) is 36.4 Å². The Morgan fingerprint density at radius 1 is 1.06 bits per heavy atom. The summed E-state index contributed by atoms with van der Waals surface area (Å²) in [7, 11) is 1.47. The second-order valence-electron chi connectivity index (χ2n) is 9.24. The lowest BCUT2D eigenvalue weighted by Gasteiger charge is -2.30. The highest BCUT2D eigenvalue weighted by molar-refractivity contribution is 5.86. The molecule has 1 saturated carbocycles. The quantitative estimate of drug-likeness (QED) is 0.653. The van der Waals surface area contributed by atoms with Crippen molar-refractivity contribution in [3.8, 4) is 11.1 Å². The van der Waals surface area contributed by atoms with Gasteiger partial charge in [0.05, 0.1) is 12.5 Å². The maximum atomic E-state index is 13.1. The second-order valence-corrected chi connectivity index (χ2v) is 9.24. The molecule has 1 aliphatic heterocycles. The monoisotopic (exact) mass is 464 g/mol. The first-order valence-electron chi connectivity index (χ1n) is 11.6. The topological polar surface area (TPSA) is 105 Å². The van der Waals surface area contributed by atoms with E-state index in [4.69, 9.17) is 9.47 Å². The van der Waals surface area contributed by atoms with E-state index in [0.29, 0.717) is 19.5 Å². The molecule has 1 heterocycles. The van der Waals surface area contributed by atoms with Crippen molar-refractivity contribution >= 4 is 18.0 Å². The molecule has 2 amide bonds. The summed E-state index contributed by atoms with van der Waals surface area (Å²) in [6, 6.07) is 15.3. The van der Waals surface area contributed by atoms with E-state index < -0.39 is 18.1 Å². The van der Waals surface area contributed by atoms with Crippen LogP contribution in [0, 0.1) is 17.8 Å². The number of methoxy groups -OCH3 is 1. The van der Waals surface area contributed by atoms with Crippen LogP contribution < -0.4 is 5.32 Å². The van der Waals surface area contributed by atoms with E-state index in [0.717, 1.165) is 22.3 Å². The van der Waals surface area contributed by atoms with Crippen molar-refractivity contribution in [3.05, 3.63) is 59.7 Å². The van der Waals surface area contributed by atoms with Crippen LogP contribution in [0.15, 0.2) is 48.5 Å². The molecule has 8 heteroatoms. The summed E-state index contributed by atoms with van der Waals surface area (Å²) >= 11 is 0. The van der Waals surface area contributed by atoms with Crippen LogP contribution in [0.1, 0.15) is 23.5 Å². The number of carboxylic acids is 1. The van der Waals surface area contributed by atoms with E-state index in [-0.39, 0.29) is 42.8 Å². The number of aliphatic carboxylic acids is 1. The van der Waals surface area contributed by atoms with Crippen molar-refractivity contribution in [1.82, 2.24) is 10.2 Å². The predicted octanol–water partition coefficient (Wildman–Crippen LogP) is 2.72. The summed E-state index contributed by atoms with van der Waals surface area (Å²) in [5.74, 6) is -1.37.